The predicted molar refractivity (Wildman–Crippen MR) is 82.0 cm³/mol. The molecule has 11 heteroatoms. The van der Waals surface area contributed by atoms with Crippen LogP contribution >= 0.6 is 34.5 Å². The molecule has 0 fully saturated rings. The van der Waals surface area contributed by atoms with Crippen LogP contribution in [-0.2, 0) is 0 Å². The van der Waals surface area contributed by atoms with Gasteiger partial charge in [-0.3, -0.25) is 25.0 Å². The first-order valence-electron chi connectivity index (χ1n) is 5.48. The number of carbonyl (C=O) groups excluding carboxylic acids is 1. The molecule has 1 aromatic carbocycles. The van der Waals surface area contributed by atoms with Crippen molar-refractivity contribution in [2.24, 2.45) is 0 Å². The van der Waals surface area contributed by atoms with Crippen LogP contribution in [0, 0.1) is 20.2 Å². The Balaban J connectivity index is 2.26. The van der Waals surface area contributed by atoms with Gasteiger partial charge < -0.3 is 5.32 Å². The van der Waals surface area contributed by atoms with Crippen molar-refractivity contribution < 1.29 is 14.6 Å². The van der Waals surface area contributed by atoms with Gasteiger partial charge in [-0.2, -0.15) is 0 Å². The molecule has 22 heavy (non-hydrogen) atoms. The third-order valence-corrected chi connectivity index (χ3v) is 4.15. The molecule has 0 radical (unpaired) electrons. The minimum atomic E-state index is -0.706. The van der Waals surface area contributed by atoms with Gasteiger partial charge in [0.2, 0.25) is 0 Å². The van der Waals surface area contributed by atoms with Crippen molar-refractivity contribution in [3.8, 4) is 0 Å². The first-order chi connectivity index (χ1) is 10.3. The molecule has 2 rings (SSSR count). The molecule has 0 unspecified atom stereocenters. The zero-order valence-corrected chi connectivity index (χ0v) is 12.7. The number of anilines is 1. The Labute approximate surface area is 136 Å². The zero-order valence-electron chi connectivity index (χ0n) is 10.4. The van der Waals surface area contributed by atoms with Crippen LogP contribution in [0.1, 0.15) is 9.67 Å². The molecular weight excluding hydrogens is 357 g/mol. The fraction of sp³-hybridized carbons (Fsp3) is 0. The van der Waals surface area contributed by atoms with Crippen LogP contribution in [0.5, 0.6) is 0 Å². The third-order valence-electron chi connectivity index (χ3n) is 2.49. The molecular formula is C11H5Cl2N3O5S. The summed E-state index contributed by atoms with van der Waals surface area (Å²) in [6.07, 6.45) is 0. The lowest BCUT2D eigenvalue weighted by Crippen LogP contribution is -2.10. The van der Waals surface area contributed by atoms with Crippen LogP contribution in [0.2, 0.25) is 9.36 Å². The lowest BCUT2D eigenvalue weighted by atomic mass is 10.2. The molecule has 0 atom stereocenters. The lowest BCUT2D eigenvalue weighted by molar-refractivity contribution is -0.384. The monoisotopic (exact) mass is 361 g/mol. The van der Waals surface area contributed by atoms with Crippen LogP contribution in [-0.4, -0.2) is 15.8 Å². The van der Waals surface area contributed by atoms with E-state index in [9.17, 15) is 25.0 Å². The van der Waals surface area contributed by atoms with Gasteiger partial charge in [0.1, 0.15) is 9.90 Å². The molecule has 8 nitrogen and oxygen atoms in total. The summed E-state index contributed by atoms with van der Waals surface area (Å²) < 4.78 is -0.128. The normalized spacial score (nSPS) is 10.3. The maximum Gasteiger partial charge on any atom is 0.299 e. The van der Waals surface area contributed by atoms with Crippen LogP contribution in [0.15, 0.2) is 24.3 Å². The Morgan fingerprint density at radius 1 is 1.09 bits per heavy atom. The van der Waals surface area contributed by atoms with Crippen molar-refractivity contribution in [3.05, 3.63) is 58.7 Å². The van der Waals surface area contributed by atoms with E-state index < -0.39 is 15.8 Å². The molecule has 0 aliphatic rings. The standard InChI is InChI=1S/C11H5Cl2N3O5S/c12-6-2-1-5(3-7(6)15(18)19)14-11(17)9-4-8(16(20)21)10(13)22-9/h1-4H,(H,14,17). The second kappa shape index (κ2) is 6.26. The molecule has 114 valence electrons. The van der Waals surface area contributed by atoms with Gasteiger partial charge in [-0.05, 0) is 12.1 Å². The maximum atomic E-state index is 12.0. The number of halogens is 2. The van der Waals surface area contributed by atoms with Gasteiger partial charge in [-0.1, -0.05) is 23.2 Å². The van der Waals surface area contributed by atoms with Gasteiger partial charge in [0.25, 0.3) is 17.3 Å². The highest BCUT2D eigenvalue weighted by Crippen LogP contribution is 2.34. The molecule has 0 saturated carbocycles. The number of hydrogen-bond donors (Lipinski definition) is 1. The molecule has 2 aromatic rings. The first-order valence-corrected chi connectivity index (χ1v) is 7.06. The average Bonchev–Trinajstić information content (AvgIpc) is 2.83. The summed E-state index contributed by atoms with van der Waals surface area (Å²) in [5.74, 6) is -0.670. The lowest BCUT2D eigenvalue weighted by Gasteiger charge is -2.03. The van der Waals surface area contributed by atoms with Gasteiger partial charge in [0, 0.05) is 17.8 Å². The van der Waals surface area contributed by atoms with E-state index in [-0.39, 0.29) is 31.3 Å². The zero-order chi connectivity index (χ0) is 16.4. The van der Waals surface area contributed by atoms with Crippen LogP contribution < -0.4 is 5.32 Å². The SMILES string of the molecule is O=C(Nc1ccc(Cl)c([N+](=O)[O-])c1)c1cc([N+](=O)[O-])c(Cl)s1. The van der Waals surface area contributed by atoms with E-state index in [1.807, 2.05) is 0 Å². The quantitative estimate of drug-likeness (QED) is 0.649. The molecule has 0 aliphatic carbocycles. The van der Waals surface area contributed by atoms with E-state index in [1.165, 1.54) is 12.1 Å². The summed E-state index contributed by atoms with van der Waals surface area (Å²) in [5, 5.41) is 23.8. The van der Waals surface area contributed by atoms with Crippen LogP contribution in [0.25, 0.3) is 0 Å². The van der Waals surface area contributed by atoms with Gasteiger partial charge in [-0.15, -0.1) is 11.3 Å². The van der Waals surface area contributed by atoms with Gasteiger partial charge in [-0.25, -0.2) is 0 Å². The van der Waals surface area contributed by atoms with Gasteiger partial charge in [0.15, 0.2) is 4.34 Å². The van der Waals surface area contributed by atoms with E-state index in [0.29, 0.717) is 0 Å². The highest BCUT2D eigenvalue weighted by Gasteiger charge is 2.22. The highest BCUT2D eigenvalue weighted by atomic mass is 35.5. The number of nitro groups is 2. The first kappa shape index (κ1) is 16.1. The molecule has 1 aromatic heterocycles. The Morgan fingerprint density at radius 2 is 1.73 bits per heavy atom. The summed E-state index contributed by atoms with van der Waals surface area (Å²) in [4.78, 5) is 32.0. The fourth-order valence-electron chi connectivity index (χ4n) is 1.52. The molecule has 0 saturated heterocycles. The Kier molecular flexibility index (Phi) is 4.59. The largest absolute Gasteiger partial charge is 0.321 e. The number of thiophene rings is 1. The van der Waals surface area contributed by atoms with Crippen molar-refractivity contribution >= 4 is 57.5 Å². The molecule has 0 spiro atoms. The van der Waals surface area contributed by atoms with Crippen LogP contribution in [0.4, 0.5) is 17.1 Å². The van der Waals surface area contributed by atoms with Crippen molar-refractivity contribution in [1.82, 2.24) is 0 Å². The molecule has 0 aliphatic heterocycles. The van der Waals surface area contributed by atoms with Crippen molar-refractivity contribution in [2.45, 2.75) is 0 Å². The van der Waals surface area contributed by atoms with Gasteiger partial charge >= 0.3 is 0 Å². The number of rotatable bonds is 4. The summed E-state index contributed by atoms with van der Waals surface area (Å²) >= 11 is 12.1. The number of amides is 1. The number of benzene rings is 1. The van der Waals surface area contributed by atoms with Crippen molar-refractivity contribution in [1.29, 1.82) is 0 Å². The summed E-state index contributed by atoms with van der Waals surface area (Å²) in [7, 11) is 0. The predicted octanol–water partition coefficient (Wildman–Crippen LogP) is 4.12. The molecule has 1 amide bonds. The number of nitrogens with one attached hydrogen (secondary N) is 1. The number of hydrogen-bond acceptors (Lipinski definition) is 6. The molecule has 1 N–H and O–H groups in total. The number of nitrogens with zero attached hydrogens (tertiary/aromatic N) is 2. The van der Waals surface area contributed by atoms with Crippen LogP contribution in [0.3, 0.4) is 0 Å². The average molecular weight is 362 g/mol. The third kappa shape index (κ3) is 3.32. The Morgan fingerprint density at radius 3 is 2.27 bits per heavy atom. The van der Waals surface area contributed by atoms with E-state index in [0.717, 1.165) is 23.5 Å². The number of carbonyl (C=O) groups is 1. The van der Waals surface area contributed by atoms with E-state index in [4.69, 9.17) is 23.2 Å². The Bertz CT molecular complexity index is 792. The summed E-state index contributed by atoms with van der Waals surface area (Å²) in [6, 6.07) is 4.76. The van der Waals surface area contributed by atoms with Crippen molar-refractivity contribution in [3.63, 3.8) is 0 Å². The van der Waals surface area contributed by atoms with Crippen molar-refractivity contribution in [2.75, 3.05) is 5.32 Å². The molecule has 0 bridgehead atoms. The summed E-state index contributed by atoms with van der Waals surface area (Å²) in [6.45, 7) is 0. The van der Waals surface area contributed by atoms with E-state index in [2.05, 4.69) is 5.32 Å². The number of nitro benzene ring substituents is 1. The highest BCUT2D eigenvalue weighted by molar-refractivity contribution is 7.18. The smallest absolute Gasteiger partial charge is 0.299 e. The molecule has 1 heterocycles. The second-order valence-corrected chi connectivity index (χ2v) is 5.97. The Hall–Kier alpha value is -2.23. The maximum absolute atomic E-state index is 12.0. The fourth-order valence-corrected chi connectivity index (χ4v) is 2.82. The second-order valence-electron chi connectivity index (χ2n) is 3.90. The minimum absolute atomic E-state index is 0.00861. The summed E-state index contributed by atoms with van der Waals surface area (Å²) in [5.41, 5.74) is -0.609. The topological polar surface area (TPSA) is 115 Å². The van der Waals surface area contributed by atoms with Gasteiger partial charge in [0.05, 0.1) is 9.85 Å². The minimum Gasteiger partial charge on any atom is -0.321 e. The van der Waals surface area contributed by atoms with E-state index >= 15 is 0 Å². The van der Waals surface area contributed by atoms with E-state index in [1.54, 1.807) is 0 Å².